The summed E-state index contributed by atoms with van der Waals surface area (Å²) >= 11 is 0. The van der Waals surface area contributed by atoms with E-state index in [0.29, 0.717) is 13.0 Å². The third-order valence-corrected chi connectivity index (χ3v) is 2.72. The van der Waals surface area contributed by atoms with E-state index in [1.54, 1.807) is 0 Å². The Morgan fingerprint density at radius 3 is 2.75 bits per heavy atom. The first kappa shape index (κ1) is 12.9. The van der Waals surface area contributed by atoms with Crippen molar-refractivity contribution in [2.75, 3.05) is 13.2 Å². The number of carbonyl (C=O) groups is 2. The minimum Gasteiger partial charge on any atom is -0.479 e. The molecule has 0 aromatic carbocycles. The van der Waals surface area contributed by atoms with Crippen LogP contribution < -0.4 is 5.32 Å². The van der Waals surface area contributed by atoms with Gasteiger partial charge in [-0.05, 0) is 13.3 Å². The summed E-state index contributed by atoms with van der Waals surface area (Å²) in [5.74, 6) is -1.57. The molecule has 0 bridgehead atoms. The van der Waals surface area contributed by atoms with Gasteiger partial charge in [0.1, 0.15) is 0 Å². The van der Waals surface area contributed by atoms with Gasteiger partial charge < -0.3 is 20.3 Å². The number of carbonyl (C=O) groups excluding carboxylic acids is 1. The van der Waals surface area contributed by atoms with Crippen molar-refractivity contribution in [2.24, 2.45) is 5.92 Å². The molecule has 0 saturated carbocycles. The van der Waals surface area contributed by atoms with Crippen LogP contribution in [0.2, 0.25) is 0 Å². The SMILES string of the molecule is CC1OCCC1C(=O)NCCC(O)C(=O)O. The van der Waals surface area contributed by atoms with E-state index in [2.05, 4.69) is 5.32 Å². The number of hydrogen-bond donors (Lipinski definition) is 3. The number of aliphatic hydroxyl groups is 1. The number of nitrogens with one attached hydrogen (secondary N) is 1. The minimum absolute atomic E-state index is 0.0169. The molecule has 1 saturated heterocycles. The molecule has 0 aromatic heterocycles. The normalized spacial score (nSPS) is 26.4. The summed E-state index contributed by atoms with van der Waals surface area (Å²) in [6.07, 6.45) is -0.806. The summed E-state index contributed by atoms with van der Waals surface area (Å²) in [5.41, 5.74) is 0. The average Bonchev–Trinajstić information content (AvgIpc) is 2.64. The van der Waals surface area contributed by atoms with Gasteiger partial charge in [-0.1, -0.05) is 0 Å². The van der Waals surface area contributed by atoms with E-state index in [9.17, 15) is 9.59 Å². The van der Waals surface area contributed by atoms with E-state index in [4.69, 9.17) is 14.9 Å². The van der Waals surface area contributed by atoms with Gasteiger partial charge in [0.15, 0.2) is 6.10 Å². The van der Waals surface area contributed by atoms with Crippen LogP contribution in [-0.4, -0.2) is 47.4 Å². The van der Waals surface area contributed by atoms with Crippen molar-refractivity contribution in [1.29, 1.82) is 0 Å². The van der Waals surface area contributed by atoms with Crippen molar-refractivity contribution in [3.8, 4) is 0 Å². The van der Waals surface area contributed by atoms with Gasteiger partial charge in [-0.25, -0.2) is 4.79 Å². The second-order valence-electron chi connectivity index (χ2n) is 3.90. The molecule has 16 heavy (non-hydrogen) atoms. The van der Waals surface area contributed by atoms with E-state index < -0.39 is 12.1 Å². The largest absolute Gasteiger partial charge is 0.479 e. The van der Waals surface area contributed by atoms with Crippen molar-refractivity contribution >= 4 is 11.9 Å². The predicted molar refractivity (Wildman–Crippen MR) is 54.8 cm³/mol. The maximum Gasteiger partial charge on any atom is 0.332 e. The first-order chi connectivity index (χ1) is 7.52. The number of amides is 1. The van der Waals surface area contributed by atoms with Crippen molar-refractivity contribution in [3.63, 3.8) is 0 Å². The zero-order chi connectivity index (χ0) is 12.1. The van der Waals surface area contributed by atoms with Gasteiger partial charge in [0, 0.05) is 19.6 Å². The molecule has 3 unspecified atom stereocenters. The van der Waals surface area contributed by atoms with Crippen LogP contribution in [0.25, 0.3) is 0 Å². The molecular weight excluding hydrogens is 214 g/mol. The molecule has 0 aliphatic carbocycles. The minimum atomic E-state index is -1.42. The summed E-state index contributed by atoms with van der Waals surface area (Å²) in [5, 5.41) is 20.0. The monoisotopic (exact) mass is 231 g/mol. The van der Waals surface area contributed by atoms with Gasteiger partial charge in [0.25, 0.3) is 0 Å². The standard InChI is InChI=1S/C10H17NO5/c1-6-7(3-5-16-6)9(13)11-4-2-8(12)10(14)15/h6-8,12H,2-5H2,1H3,(H,11,13)(H,14,15). The van der Waals surface area contributed by atoms with Crippen molar-refractivity contribution < 1.29 is 24.5 Å². The Morgan fingerprint density at radius 1 is 1.56 bits per heavy atom. The van der Waals surface area contributed by atoms with E-state index >= 15 is 0 Å². The number of carboxylic acid groups (broad SMARTS) is 1. The molecule has 0 radical (unpaired) electrons. The first-order valence-corrected chi connectivity index (χ1v) is 5.32. The second-order valence-corrected chi connectivity index (χ2v) is 3.90. The average molecular weight is 231 g/mol. The summed E-state index contributed by atoms with van der Waals surface area (Å²) in [4.78, 5) is 21.9. The number of ether oxygens (including phenoxy) is 1. The molecular formula is C10H17NO5. The molecule has 92 valence electrons. The van der Waals surface area contributed by atoms with Gasteiger partial charge >= 0.3 is 5.97 Å². The number of rotatable bonds is 5. The van der Waals surface area contributed by atoms with Gasteiger partial charge in [-0.2, -0.15) is 0 Å². The van der Waals surface area contributed by atoms with Crippen molar-refractivity contribution in [1.82, 2.24) is 5.32 Å². The molecule has 3 N–H and O–H groups in total. The zero-order valence-electron chi connectivity index (χ0n) is 9.18. The topological polar surface area (TPSA) is 95.9 Å². The fourth-order valence-corrected chi connectivity index (χ4v) is 1.66. The lowest BCUT2D eigenvalue weighted by atomic mass is 10.0. The van der Waals surface area contributed by atoms with Crippen LogP contribution in [0.4, 0.5) is 0 Å². The van der Waals surface area contributed by atoms with Crippen LogP contribution >= 0.6 is 0 Å². The Morgan fingerprint density at radius 2 is 2.25 bits per heavy atom. The van der Waals surface area contributed by atoms with Gasteiger partial charge in [0.2, 0.25) is 5.91 Å². The lowest BCUT2D eigenvalue weighted by Crippen LogP contribution is -2.36. The molecule has 0 aromatic rings. The Balaban J connectivity index is 2.22. The van der Waals surface area contributed by atoms with Crippen molar-refractivity contribution in [2.45, 2.75) is 32.0 Å². The maximum absolute atomic E-state index is 11.6. The number of hydrogen-bond acceptors (Lipinski definition) is 4. The van der Waals surface area contributed by atoms with E-state index in [0.717, 1.165) is 0 Å². The molecule has 0 spiro atoms. The first-order valence-electron chi connectivity index (χ1n) is 5.32. The molecule has 1 aliphatic rings. The number of carboxylic acids is 1. The summed E-state index contributed by atoms with van der Waals surface area (Å²) in [6, 6.07) is 0. The van der Waals surface area contributed by atoms with Crippen molar-refractivity contribution in [3.05, 3.63) is 0 Å². The quantitative estimate of drug-likeness (QED) is 0.585. The number of aliphatic carboxylic acids is 1. The molecule has 3 atom stereocenters. The van der Waals surface area contributed by atoms with Crippen LogP contribution in [0.5, 0.6) is 0 Å². The Hall–Kier alpha value is -1.14. The summed E-state index contributed by atoms with van der Waals surface area (Å²) in [6.45, 7) is 2.58. The van der Waals surface area contributed by atoms with E-state index in [-0.39, 0.29) is 30.9 Å². The zero-order valence-corrected chi connectivity index (χ0v) is 9.18. The van der Waals surface area contributed by atoms with Crippen LogP contribution in [0.3, 0.4) is 0 Å². The smallest absolute Gasteiger partial charge is 0.332 e. The molecule has 6 heteroatoms. The highest BCUT2D eigenvalue weighted by Crippen LogP contribution is 2.20. The summed E-state index contributed by atoms with van der Waals surface area (Å²) in [7, 11) is 0. The second kappa shape index (κ2) is 5.81. The highest BCUT2D eigenvalue weighted by atomic mass is 16.5. The molecule has 1 aliphatic heterocycles. The van der Waals surface area contributed by atoms with Gasteiger partial charge in [-0.15, -0.1) is 0 Å². The number of aliphatic hydroxyl groups excluding tert-OH is 1. The van der Waals surface area contributed by atoms with E-state index in [1.807, 2.05) is 6.92 Å². The van der Waals surface area contributed by atoms with Crippen LogP contribution in [0, 0.1) is 5.92 Å². The Kier molecular flexibility index (Phi) is 4.70. The highest BCUT2D eigenvalue weighted by Gasteiger charge is 2.30. The fourth-order valence-electron chi connectivity index (χ4n) is 1.66. The summed E-state index contributed by atoms with van der Waals surface area (Å²) < 4.78 is 5.25. The molecule has 1 fully saturated rings. The van der Waals surface area contributed by atoms with Crippen LogP contribution in [0.1, 0.15) is 19.8 Å². The van der Waals surface area contributed by atoms with Crippen LogP contribution in [-0.2, 0) is 14.3 Å². The molecule has 1 amide bonds. The highest BCUT2D eigenvalue weighted by molar-refractivity contribution is 5.79. The maximum atomic E-state index is 11.6. The Bertz CT molecular complexity index is 268. The Labute approximate surface area is 93.6 Å². The van der Waals surface area contributed by atoms with Gasteiger partial charge in [0.05, 0.1) is 12.0 Å². The third-order valence-electron chi connectivity index (χ3n) is 2.72. The van der Waals surface area contributed by atoms with Crippen LogP contribution in [0.15, 0.2) is 0 Å². The lowest BCUT2D eigenvalue weighted by molar-refractivity contribution is -0.147. The lowest BCUT2D eigenvalue weighted by Gasteiger charge is -2.14. The van der Waals surface area contributed by atoms with E-state index in [1.165, 1.54) is 0 Å². The third kappa shape index (κ3) is 3.46. The predicted octanol–water partition coefficient (Wildman–Crippen LogP) is -0.637. The van der Waals surface area contributed by atoms with Gasteiger partial charge in [-0.3, -0.25) is 4.79 Å². The molecule has 6 nitrogen and oxygen atoms in total. The molecule has 1 rings (SSSR count). The molecule has 1 heterocycles. The fraction of sp³-hybridized carbons (Fsp3) is 0.800.